The molecule has 0 saturated carbocycles. The summed E-state index contributed by atoms with van der Waals surface area (Å²) in [5.41, 5.74) is 3.45. The van der Waals surface area contributed by atoms with E-state index in [0.717, 1.165) is 48.7 Å². The summed E-state index contributed by atoms with van der Waals surface area (Å²) in [6, 6.07) is 5.98. The highest BCUT2D eigenvalue weighted by Crippen LogP contribution is 2.29. The maximum Gasteiger partial charge on any atom is 0.264 e. The first kappa shape index (κ1) is 16.7. The van der Waals surface area contributed by atoms with E-state index < -0.39 is 0 Å². The van der Waals surface area contributed by atoms with Gasteiger partial charge in [0.05, 0.1) is 17.5 Å². The zero-order chi connectivity index (χ0) is 18.3. The van der Waals surface area contributed by atoms with Gasteiger partial charge >= 0.3 is 0 Å². The predicted octanol–water partition coefficient (Wildman–Crippen LogP) is 3.11. The first-order chi connectivity index (χ1) is 12.5. The highest BCUT2D eigenvalue weighted by Gasteiger charge is 2.21. The Morgan fingerprint density at radius 2 is 1.88 bits per heavy atom. The molecule has 1 saturated heterocycles. The van der Waals surface area contributed by atoms with Crippen LogP contribution in [0.1, 0.15) is 38.3 Å². The van der Waals surface area contributed by atoms with Gasteiger partial charge in [0.1, 0.15) is 11.2 Å². The number of hydrogen-bond donors (Lipinski definition) is 0. The van der Waals surface area contributed by atoms with E-state index in [9.17, 15) is 4.79 Å². The highest BCUT2D eigenvalue weighted by molar-refractivity contribution is 5.91. The van der Waals surface area contributed by atoms with Crippen molar-refractivity contribution in [3.05, 3.63) is 46.8 Å². The fourth-order valence-corrected chi connectivity index (χ4v) is 3.41. The Kier molecular flexibility index (Phi) is 4.18. The van der Waals surface area contributed by atoms with Crippen LogP contribution in [0.15, 0.2) is 35.5 Å². The SMILES string of the molecule is CC(C)c1ccc(-c2cc3ncn(C)c(=O)c3c(N3CCCC3)n2)cn1. The van der Waals surface area contributed by atoms with Crippen LogP contribution in [0.25, 0.3) is 22.2 Å². The number of hydrogen-bond acceptors (Lipinski definition) is 5. The van der Waals surface area contributed by atoms with Gasteiger partial charge in [-0.1, -0.05) is 13.8 Å². The third-order valence-corrected chi connectivity index (χ3v) is 4.96. The lowest BCUT2D eigenvalue weighted by Gasteiger charge is -2.19. The molecule has 0 N–H and O–H groups in total. The van der Waals surface area contributed by atoms with Gasteiger partial charge in [-0.2, -0.15) is 0 Å². The minimum Gasteiger partial charge on any atom is -0.356 e. The number of anilines is 1. The lowest BCUT2D eigenvalue weighted by Crippen LogP contribution is -2.25. The molecule has 26 heavy (non-hydrogen) atoms. The topological polar surface area (TPSA) is 63.9 Å². The Bertz CT molecular complexity index is 1000. The molecule has 6 heteroatoms. The average Bonchev–Trinajstić information content (AvgIpc) is 3.18. The van der Waals surface area contributed by atoms with Crippen LogP contribution >= 0.6 is 0 Å². The van der Waals surface area contributed by atoms with E-state index in [1.807, 2.05) is 24.4 Å². The molecule has 0 radical (unpaired) electrons. The molecule has 1 fully saturated rings. The van der Waals surface area contributed by atoms with E-state index in [2.05, 4.69) is 28.7 Å². The van der Waals surface area contributed by atoms with Gasteiger partial charge in [0.2, 0.25) is 0 Å². The van der Waals surface area contributed by atoms with Crippen molar-refractivity contribution < 1.29 is 0 Å². The van der Waals surface area contributed by atoms with Crippen molar-refractivity contribution in [3.63, 3.8) is 0 Å². The fourth-order valence-electron chi connectivity index (χ4n) is 3.41. The minimum absolute atomic E-state index is 0.0516. The predicted molar refractivity (Wildman–Crippen MR) is 104 cm³/mol. The average molecular weight is 349 g/mol. The Labute approximate surface area is 152 Å². The maximum atomic E-state index is 12.7. The molecule has 3 aromatic rings. The molecule has 1 aliphatic rings. The molecule has 4 rings (SSSR count). The first-order valence-corrected chi connectivity index (χ1v) is 9.12. The second kappa shape index (κ2) is 6.52. The van der Waals surface area contributed by atoms with Crippen LogP contribution in [0.3, 0.4) is 0 Å². The van der Waals surface area contributed by atoms with Gasteiger partial charge in [-0.25, -0.2) is 9.97 Å². The van der Waals surface area contributed by atoms with Crippen LogP contribution in [0, 0.1) is 0 Å². The summed E-state index contributed by atoms with van der Waals surface area (Å²) in [6.07, 6.45) is 5.68. The molecule has 0 bridgehead atoms. The second-order valence-electron chi connectivity index (χ2n) is 7.21. The molecule has 3 aromatic heterocycles. The van der Waals surface area contributed by atoms with E-state index in [-0.39, 0.29) is 5.56 Å². The van der Waals surface area contributed by atoms with Gasteiger partial charge in [-0.05, 0) is 37.0 Å². The van der Waals surface area contributed by atoms with Gasteiger partial charge in [0.25, 0.3) is 5.56 Å². The quantitative estimate of drug-likeness (QED) is 0.727. The number of pyridine rings is 2. The summed E-state index contributed by atoms with van der Waals surface area (Å²) in [5, 5.41) is 0.604. The number of aromatic nitrogens is 4. The van der Waals surface area contributed by atoms with Crippen molar-refractivity contribution in [3.8, 4) is 11.3 Å². The highest BCUT2D eigenvalue weighted by atomic mass is 16.1. The maximum absolute atomic E-state index is 12.7. The summed E-state index contributed by atoms with van der Waals surface area (Å²) in [6.45, 7) is 6.10. The van der Waals surface area contributed by atoms with E-state index in [0.29, 0.717) is 16.8 Å². The summed E-state index contributed by atoms with van der Waals surface area (Å²) in [5.74, 6) is 1.13. The summed E-state index contributed by atoms with van der Waals surface area (Å²) in [7, 11) is 1.73. The molecule has 0 aromatic carbocycles. The lowest BCUT2D eigenvalue weighted by molar-refractivity contribution is 0.823. The number of aryl methyl sites for hydroxylation is 1. The van der Waals surface area contributed by atoms with Crippen molar-refractivity contribution in [2.45, 2.75) is 32.6 Å². The van der Waals surface area contributed by atoms with Gasteiger partial charge in [-0.15, -0.1) is 0 Å². The van der Waals surface area contributed by atoms with Crippen LogP contribution in [0.2, 0.25) is 0 Å². The van der Waals surface area contributed by atoms with Crippen LogP contribution < -0.4 is 10.5 Å². The smallest absolute Gasteiger partial charge is 0.264 e. The zero-order valence-electron chi connectivity index (χ0n) is 15.4. The van der Waals surface area contributed by atoms with Gasteiger partial charge < -0.3 is 9.47 Å². The normalized spacial score (nSPS) is 14.5. The Morgan fingerprint density at radius 3 is 2.54 bits per heavy atom. The van der Waals surface area contributed by atoms with Gasteiger partial charge in [0.15, 0.2) is 0 Å². The first-order valence-electron chi connectivity index (χ1n) is 9.12. The zero-order valence-corrected chi connectivity index (χ0v) is 15.4. The van der Waals surface area contributed by atoms with E-state index >= 15 is 0 Å². The molecule has 1 aliphatic heterocycles. The Balaban J connectivity index is 1.91. The van der Waals surface area contributed by atoms with E-state index in [1.165, 1.54) is 4.57 Å². The molecule has 0 aliphatic carbocycles. The van der Waals surface area contributed by atoms with Gasteiger partial charge in [0, 0.05) is 37.6 Å². The summed E-state index contributed by atoms with van der Waals surface area (Å²) >= 11 is 0. The second-order valence-corrected chi connectivity index (χ2v) is 7.21. The van der Waals surface area contributed by atoms with Crippen molar-refractivity contribution in [2.24, 2.45) is 7.05 Å². The summed E-state index contributed by atoms with van der Waals surface area (Å²) in [4.78, 5) is 28.8. The van der Waals surface area contributed by atoms with Crippen molar-refractivity contribution in [2.75, 3.05) is 18.0 Å². The van der Waals surface area contributed by atoms with Gasteiger partial charge in [-0.3, -0.25) is 9.78 Å². The van der Waals surface area contributed by atoms with Crippen LogP contribution in [-0.4, -0.2) is 32.6 Å². The van der Waals surface area contributed by atoms with E-state index in [4.69, 9.17) is 4.98 Å². The molecular formula is C20H23N5O. The number of nitrogens with zero attached hydrogens (tertiary/aromatic N) is 5. The van der Waals surface area contributed by atoms with Crippen molar-refractivity contribution >= 4 is 16.7 Å². The minimum atomic E-state index is -0.0516. The third kappa shape index (κ3) is 2.85. The van der Waals surface area contributed by atoms with Crippen molar-refractivity contribution in [1.29, 1.82) is 0 Å². The van der Waals surface area contributed by atoms with Crippen LogP contribution in [-0.2, 0) is 7.05 Å². The fraction of sp³-hybridized carbons (Fsp3) is 0.400. The van der Waals surface area contributed by atoms with Crippen molar-refractivity contribution in [1.82, 2.24) is 19.5 Å². The molecule has 0 atom stereocenters. The molecule has 0 spiro atoms. The molecule has 6 nitrogen and oxygen atoms in total. The Morgan fingerprint density at radius 1 is 1.12 bits per heavy atom. The molecular weight excluding hydrogens is 326 g/mol. The monoisotopic (exact) mass is 349 g/mol. The molecule has 0 amide bonds. The largest absolute Gasteiger partial charge is 0.356 e. The molecule has 0 unspecified atom stereocenters. The summed E-state index contributed by atoms with van der Waals surface area (Å²) < 4.78 is 1.52. The lowest BCUT2D eigenvalue weighted by atomic mass is 10.1. The van der Waals surface area contributed by atoms with E-state index in [1.54, 1.807) is 13.4 Å². The third-order valence-electron chi connectivity index (χ3n) is 4.96. The molecule has 134 valence electrons. The van der Waals surface area contributed by atoms with Crippen LogP contribution in [0.5, 0.6) is 0 Å². The number of rotatable bonds is 3. The Hall–Kier alpha value is -2.76. The van der Waals surface area contributed by atoms with Crippen LogP contribution in [0.4, 0.5) is 5.82 Å². The molecule has 4 heterocycles. The standard InChI is InChI=1S/C20H23N5O/c1-13(2)15-7-6-14(11-21-15)16-10-17-18(20(26)24(3)12-22-17)19(23-16)25-8-4-5-9-25/h6-7,10-13H,4-5,8-9H2,1-3H3. The number of fused-ring (bicyclic) bond motifs is 1.